The van der Waals surface area contributed by atoms with Gasteiger partial charge in [-0.05, 0) is 0 Å². The van der Waals surface area contributed by atoms with E-state index >= 15 is 0 Å². The molecule has 0 nitrogen and oxygen atoms in total. The minimum atomic E-state index is -6.67. The van der Waals surface area contributed by atoms with Crippen LogP contribution in [0.15, 0.2) is 11.9 Å². The minimum absolute atomic E-state index is 2.82. The van der Waals surface area contributed by atoms with E-state index in [1.807, 2.05) is 0 Å². The maximum Gasteiger partial charge on any atom is 0.431 e. The van der Waals surface area contributed by atoms with E-state index in [1.165, 1.54) is 0 Å². The van der Waals surface area contributed by atoms with Crippen molar-refractivity contribution in [3.8, 4) is 0 Å². The molecule has 132 valence electrons. The summed E-state index contributed by atoms with van der Waals surface area (Å²) in [5.74, 6) is -8.78. The van der Waals surface area contributed by atoms with Crippen LogP contribution in [-0.2, 0) is 0 Å². The first-order chi connectivity index (χ1) is 9.47. The molecule has 0 aliphatic heterocycles. The molecular weight excluding hydrogens is 355 g/mol. The van der Waals surface area contributed by atoms with Gasteiger partial charge in [-0.1, -0.05) is 0 Å². The van der Waals surface area contributed by atoms with Gasteiger partial charge < -0.3 is 0 Å². The van der Waals surface area contributed by atoms with E-state index < -0.39 is 54.9 Å². The number of hydrogen-bond acceptors (Lipinski definition) is 0. The van der Waals surface area contributed by atoms with Crippen molar-refractivity contribution in [3.63, 3.8) is 0 Å². The van der Waals surface area contributed by atoms with Gasteiger partial charge in [0.15, 0.2) is 0 Å². The van der Waals surface area contributed by atoms with E-state index in [0.29, 0.717) is 0 Å². The second kappa shape index (κ2) is 6.14. The van der Waals surface area contributed by atoms with E-state index in [2.05, 4.69) is 0 Å². The molecule has 0 aliphatic carbocycles. The lowest BCUT2D eigenvalue weighted by Crippen LogP contribution is -2.54. The second-order valence-electron chi connectivity index (χ2n) is 4.03. The van der Waals surface area contributed by atoms with Crippen molar-refractivity contribution >= 4 is 0 Å². The Morgan fingerprint density at radius 2 is 1.05 bits per heavy atom. The number of rotatable bonds is 5. The lowest BCUT2D eigenvalue weighted by molar-refractivity contribution is -0.345. The third kappa shape index (κ3) is 4.18. The SMILES string of the molecule is FC(F)=C(F)C(F)C(F)(F)CCC(F)(C(F)(F)F)C(F)(F)F. The smallest absolute Gasteiger partial charge is 0.233 e. The summed E-state index contributed by atoms with van der Waals surface area (Å²) in [5, 5.41) is 0. The maximum atomic E-state index is 13.0. The van der Waals surface area contributed by atoms with Crippen molar-refractivity contribution in [2.24, 2.45) is 0 Å². The summed E-state index contributed by atoms with van der Waals surface area (Å²) in [6.07, 6.45) is -27.3. The van der Waals surface area contributed by atoms with E-state index in [1.54, 1.807) is 0 Å². The molecule has 0 rings (SSSR count). The predicted octanol–water partition coefficient (Wildman–Crippen LogP) is 5.65. The van der Waals surface area contributed by atoms with Gasteiger partial charge >= 0.3 is 18.4 Å². The van der Waals surface area contributed by atoms with Crippen LogP contribution in [0, 0.1) is 0 Å². The molecule has 0 bridgehead atoms. The molecule has 0 fully saturated rings. The first-order valence-corrected chi connectivity index (χ1v) is 5.02. The minimum Gasteiger partial charge on any atom is -0.233 e. The summed E-state index contributed by atoms with van der Waals surface area (Å²) < 4.78 is 159. The molecular formula is C9H5F13. The van der Waals surface area contributed by atoms with Gasteiger partial charge in [-0.15, -0.1) is 0 Å². The van der Waals surface area contributed by atoms with Crippen LogP contribution in [0.2, 0.25) is 0 Å². The monoisotopic (exact) mass is 360 g/mol. The number of hydrogen-bond donors (Lipinski definition) is 0. The summed E-state index contributed by atoms with van der Waals surface area (Å²) in [7, 11) is 0. The molecule has 0 spiro atoms. The molecule has 0 amide bonds. The zero-order valence-electron chi connectivity index (χ0n) is 9.91. The molecule has 0 aromatic rings. The molecule has 0 aromatic heterocycles. The van der Waals surface area contributed by atoms with E-state index in [0.717, 1.165) is 0 Å². The molecule has 0 saturated heterocycles. The highest BCUT2D eigenvalue weighted by atomic mass is 19.4. The van der Waals surface area contributed by atoms with Crippen LogP contribution in [0.1, 0.15) is 12.8 Å². The normalized spacial score (nSPS) is 15.7. The van der Waals surface area contributed by atoms with Gasteiger partial charge in [-0.3, -0.25) is 0 Å². The Morgan fingerprint density at radius 1 is 0.682 bits per heavy atom. The number of halogens is 13. The van der Waals surface area contributed by atoms with Crippen molar-refractivity contribution in [2.75, 3.05) is 0 Å². The number of alkyl halides is 10. The van der Waals surface area contributed by atoms with Gasteiger partial charge in [0.05, 0.1) is 0 Å². The molecule has 13 heteroatoms. The number of allylic oxidation sites excluding steroid dienone is 1. The highest BCUT2D eigenvalue weighted by Gasteiger charge is 2.72. The van der Waals surface area contributed by atoms with E-state index in [9.17, 15) is 57.1 Å². The Balaban J connectivity index is 5.37. The highest BCUT2D eigenvalue weighted by Crippen LogP contribution is 2.50. The van der Waals surface area contributed by atoms with Crippen LogP contribution >= 0.6 is 0 Å². The van der Waals surface area contributed by atoms with Gasteiger partial charge in [0.25, 0.3) is 11.6 Å². The predicted molar refractivity (Wildman–Crippen MR) is 45.4 cm³/mol. The fourth-order valence-electron chi connectivity index (χ4n) is 1.19. The summed E-state index contributed by atoms with van der Waals surface area (Å²) in [6, 6.07) is 0. The molecule has 0 aromatic carbocycles. The summed E-state index contributed by atoms with van der Waals surface area (Å²) in [5.41, 5.74) is -6.13. The average Bonchev–Trinajstić information content (AvgIpc) is 2.31. The standard InChI is InChI=1S/C9H5F13/c10-3(5(12)13)4(11)6(14,15)1-2-7(16,8(17,18)19)9(20,21)22/h4H,1-2H2. The topological polar surface area (TPSA) is 0 Å². The zero-order chi connectivity index (χ0) is 18.1. The zero-order valence-corrected chi connectivity index (χ0v) is 9.91. The molecule has 1 atom stereocenters. The van der Waals surface area contributed by atoms with Crippen LogP contribution in [-0.4, -0.2) is 30.1 Å². The molecule has 0 aliphatic rings. The Kier molecular flexibility index (Phi) is 5.82. The Bertz CT molecular complexity index is 396. The first kappa shape index (κ1) is 20.8. The fraction of sp³-hybridized carbons (Fsp3) is 0.778. The van der Waals surface area contributed by atoms with Gasteiger partial charge in [0.2, 0.25) is 12.0 Å². The van der Waals surface area contributed by atoms with E-state index in [-0.39, 0.29) is 0 Å². The fourth-order valence-corrected chi connectivity index (χ4v) is 1.19. The molecule has 22 heavy (non-hydrogen) atoms. The van der Waals surface area contributed by atoms with Gasteiger partial charge in [-0.2, -0.15) is 35.1 Å². The summed E-state index contributed by atoms with van der Waals surface area (Å²) >= 11 is 0. The van der Waals surface area contributed by atoms with Gasteiger partial charge in [0, 0.05) is 12.8 Å². The maximum absolute atomic E-state index is 13.0. The molecule has 0 radical (unpaired) electrons. The van der Waals surface area contributed by atoms with Crippen LogP contribution in [0.25, 0.3) is 0 Å². The van der Waals surface area contributed by atoms with Crippen LogP contribution in [0.3, 0.4) is 0 Å². The largest absolute Gasteiger partial charge is 0.431 e. The van der Waals surface area contributed by atoms with Crippen molar-refractivity contribution in [1.29, 1.82) is 0 Å². The first-order valence-electron chi connectivity index (χ1n) is 5.02. The Morgan fingerprint density at radius 3 is 1.32 bits per heavy atom. The Labute approximate surface area is 113 Å². The highest BCUT2D eigenvalue weighted by molar-refractivity contribution is 5.06. The van der Waals surface area contributed by atoms with Crippen molar-refractivity contribution in [1.82, 2.24) is 0 Å². The van der Waals surface area contributed by atoms with Crippen LogP contribution in [0.4, 0.5) is 57.1 Å². The molecule has 0 N–H and O–H groups in total. The van der Waals surface area contributed by atoms with Crippen LogP contribution < -0.4 is 0 Å². The van der Waals surface area contributed by atoms with Crippen molar-refractivity contribution in [3.05, 3.63) is 11.9 Å². The molecule has 0 saturated carbocycles. The summed E-state index contributed by atoms with van der Waals surface area (Å²) in [4.78, 5) is 0. The van der Waals surface area contributed by atoms with E-state index in [4.69, 9.17) is 0 Å². The third-order valence-electron chi connectivity index (χ3n) is 2.48. The van der Waals surface area contributed by atoms with Crippen molar-refractivity contribution < 1.29 is 57.1 Å². The average molecular weight is 360 g/mol. The Hall–Kier alpha value is -1.17. The quantitative estimate of drug-likeness (QED) is 0.556. The lowest BCUT2D eigenvalue weighted by Gasteiger charge is -2.31. The lowest BCUT2D eigenvalue weighted by atomic mass is 9.94. The van der Waals surface area contributed by atoms with Crippen molar-refractivity contribution in [2.45, 2.75) is 43.0 Å². The van der Waals surface area contributed by atoms with Gasteiger partial charge in [0.1, 0.15) is 0 Å². The third-order valence-corrected chi connectivity index (χ3v) is 2.48. The second-order valence-corrected chi connectivity index (χ2v) is 4.03. The van der Waals surface area contributed by atoms with Gasteiger partial charge in [-0.25, -0.2) is 22.0 Å². The summed E-state index contributed by atoms with van der Waals surface area (Å²) in [6.45, 7) is 0. The molecule has 1 unspecified atom stereocenters. The van der Waals surface area contributed by atoms with Crippen LogP contribution in [0.5, 0.6) is 0 Å². The molecule has 0 heterocycles.